The second-order valence-electron chi connectivity index (χ2n) is 7.72. The lowest BCUT2D eigenvalue weighted by Gasteiger charge is -2.33. The molecule has 0 radical (unpaired) electrons. The molecule has 1 aliphatic carbocycles. The summed E-state index contributed by atoms with van der Waals surface area (Å²) in [4.78, 5) is 26.9. The quantitative estimate of drug-likeness (QED) is 0.844. The molecule has 2 amide bonds. The number of nitrogens with one attached hydrogen (secondary N) is 2. The van der Waals surface area contributed by atoms with Crippen LogP contribution >= 0.6 is 0 Å². The molecule has 2 heterocycles. The molecule has 0 spiro atoms. The normalized spacial score (nSPS) is 18.4. The molecule has 2 aromatic rings. The molecular formula is C21H25FN4O2. The van der Waals surface area contributed by atoms with Gasteiger partial charge in [-0.1, -0.05) is 25.0 Å². The van der Waals surface area contributed by atoms with E-state index in [1.807, 2.05) is 4.90 Å². The maximum absolute atomic E-state index is 13.7. The Morgan fingerprint density at radius 1 is 1.11 bits per heavy atom. The molecule has 6 nitrogen and oxygen atoms in total. The van der Waals surface area contributed by atoms with Gasteiger partial charge in [0.25, 0.3) is 5.91 Å². The van der Waals surface area contributed by atoms with E-state index < -0.39 is 11.7 Å². The molecule has 28 heavy (non-hydrogen) atoms. The van der Waals surface area contributed by atoms with Crippen LogP contribution in [-0.2, 0) is 4.79 Å². The van der Waals surface area contributed by atoms with Crippen LogP contribution in [0.3, 0.4) is 0 Å². The van der Waals surface area contributed by atoms with Crippen molar-refractivity contribution in [2.24, 2.45) is 5.92 Å². The van der Waals surface area contributed by atoms with Crippen molar-refractivity contribution < 1.29 is 14.0 Å². The summed E-state index contributed by atoms with van der Waals surface area (Å²) in [5.41, 5.74) is 1.27. The maximum atomic E-state index is 13.7. The minimum atomic E-state index is -0.481. The van der Waals surface area contributed by atoms with E-state index in [9.17, 15) is 14.0 Å². The monoisotopic (exact) mass is 384 g/mol. The summed E-state index contributed by atoms with van der Waals surface area (Å²) in [6.45, 7) is 1.49. The summed E-state index contributed by atoms with van der Waals surface area (Å²) in [5, 5.41) is 9.59. The van der Waals surface area contributed by atoms with Gasteiger partial charge in [0.05, 0.1) is 5.69 Å². The van der Waals surface area contributed by atoms with Crippen LogP contribution in [0.5, 0.6) is 0 Å². The highest BCUT2D eigenvalue weighted by molar-refractivity contribution is 6.03. The fraction of sp³-hybridized carbons (Fsp3) is 0.476. The molecule has 0 bridgehead atoms. The smallest absolute Gasteiger partial charge is 0.276 e. The number of rotatable bonds is 4. The number of carbonyl (C=O) groups is 2. The van der Waals surface area contributed by atoms with Crippen molar-refractivity contribution in [2.75, 3.05) is 18.4 Å². The molecule has 1 saturated carbocycles. The Labute approximate surface area is 163 Å². The minimum absolute atomic E-state index is 0.135. The second-order valence-corrected chi connectivity index (χ2v) is 7.72. The number of likely N-dealkylation sites (tertiary alicyclic amines) is 1. The lowest BCUT2D eigenvalue weighted by atomic mass is 9.92. The molecule has 4 rings (SSSR count). The third-order valence-electron chi connectivity index (χ3n) is 5.90. The Balaban J connectivity index is 1.34. The standard InChI is InChI=1S/C21H25FN4O2/c22-16-7-3-4-8-17(16)23-20(27)19-13-18(24-25-19)14-9-11-26(12-10-14)21(28)15-5-1-2-6-15/h3-4,7-8,13-15H,1-2,5-6,9-12H2,(H,23,27)(H,24,25). The van der Waals surface area contributed by atoms with E-state index in [-0.39, 0.29) is 23.2 Å². The van der Waals surface area contributed by atoms with Crippen molar-refractivity contribution in [1.29, 1.82) is 0 Å². The molecule has 2 N–H and O–H groups in total. The summed E-state index contributed by atoms with van der Waals surface area (Å²) in [7, 11) is 0. The summed E-state index contributed by atoms with van der Waals surface area (Å²) in [6.07, 6.45) is 6.10. The van der Waals surface area contributed by atoms with Crippen molar-refractivity contribution in [2.45, 2.75) is 44.4 Å². The first-order valence-electron chi connectivity index (χ1n) is 10.0. The van der Waals surface area contributed by atoms with E-state index in [1.54, 1.807) is 18.2 Å². The van der Waals surface area contributed by atoms with Crippen molar-refractivity contribution >= 4 is 17.5 Å². The molecule has 7 heteroatoms. The number of benzene rings is 1. The van der Waals surface area contributed by atoms with Crippen LogP contribution in [0.1, 0.15) is 60.6 Å². The van der Waals surface area contributed by atoms with Crippen LogP contribution < -0.4 is 5.32 Å². The molecule has 1 aromatic heterocycles. The van der Waals surface area contributed by atoms with E-state index in [4.69, 9.17) is 0 Å². The van der Waals surface area contributed by atoms with Gasteiger partial charge in [-0.05, 0) is 43.9 Å². The summed E-state index contributed by atoms with van der Waals surface area (Å²) < 4.78 is 13.7. The number of hydrogen-bond acceptors (Lipinski definition) is 3. The Hall–Kier alpha value is -2.70. The topological polar surface area (TPSA) is 78.1 Å². The van der Waals surface area contributed by atoms with Gasteiger partial charge in [0.15, 0.2) is 5.69 Å². The molecule has 1 aromatic carbocycles. The maximum Gasteiger partial charge on any atom is 0.276 e. The summed E-state index contributed by atoms with van der Waals surface area (Å²) in [6, 6.07) is 7.77. The van der Waals surface area contributed by atoms with Crippen molar-refractivity contribution in [3.05, 3.63) is 47.5 Å². The number of amides is 2. The lowest BCUT2D eigenvalue weighted by Crippen LogP contribution is -2.40. The van der Waals surface area contributed by atoms with Gasteiger partial charge in [0, 0.05) is 30.6 Å². The molecule has 2 fully saturated rings. The van der Waals surface area contributed by atoms with Crippen LogP contribution in [0.15, 0.2) is 30.3 Å². The molecule has 0 unspecified atom stereocenters. The highest BCUT2D eigenvalue weighted by atomic mass is 19.1. The van der Waals surface area contributed by atoms with Gasteiger partial charge < -0.3 is 10.2 Å². The van der Waals surface area contributed by atoms with Crippen LogP contribution in [-0.4, -0.2) is 40.0 Å². The van der Waals surface area contributed by atoms with Crippen molar-refractivity contribution in [3.8, 4) is 0 Å². The number of aromatic amines is 1. The highest BCUT2D eigenvalue weighted by Gasteiger charge is 2.31. The summed E-state index contributed by atoms with van der Waals surface area (Å²) in [5.74, 6) is -0.148. The van der Waals surface area contributed by atoms with Gasteiger partial charge in [-0.25, -0.2) is 4.39 Å². The summed E-state index contributed by atoms with van der Waals surface area (Å²) >= 11 is 0. The fourth-order valence-electron chi connectivity index (χ4n) is 4.25. The van der Waals surface area contributed by atoms with Gasteiger partial charge in [0.1, 0.15) is 5.82 Å². The zero-order valence-electron chi connectivity index (χ0n) is 15.8. The fourth-order valence-corrected chi connectivity index (χ4v) is 4.25. The average Bonchev–Trinajstić information content (AvgIpc) is 3.42. The number of carbonyl (C=O) groups excluding carboxylic acids is 2. The molecule has 0 atom stereocenters. The first-order valence-corrected chi connectivity index (χ1v) is 10.0. The first kappa shape index (κ1) is 18.7. The Morgan fingerprint density at radius 2 is 1.82 bits per heavy atom. The van der Waals surface area contributed by atoms with Gasteiger partial charge in [0.2, 0.25) is 5.91 Å². The van der Waals surface area contributed by atoms with Gasteiger partial charge in [-0.3, -0.25) is 14.7 Å². The van der Waals surface area contributed by atoms with E-state index in [0.29, 0.717) is 5.91 Å². The van der Waals surface area contributed by atoms with Crippen molar-refractivity contribution in [3.63, 3.8) is 0 Å². The van der Waals surface area contributed by atoms with Crippen LogP contribution in [0, 0.1) is 11.7 Å². The van der Waals surface area contributed by atoms with E-state index in [2.05, 4.69) is 15.5 Å². The molecule has 1 aliphatic heterocycles. The van der Waals surface area contributed by atoms with Crippen LogP contribution in [0.25, 0.3) is 0 Å². The minimum Gasteiger partial charge on any atom is -0.342 e. The number of H-pyrrole nitrogens is 1. The predicted molar refractivity (Wildman–Crippen MR) is 103 cm³/mol. The van der Waals surface area contributed by atoms with Gasteiger partial charge in [-0.15, -0.1) is 0 Å². The van der Waals surface area contributed by atoms with E-state index in [1.165, 1.54) is 25.0 Å². The molecule has 1 saturated heterocycles. The number of aromatic nitrogens is 2. The van der Waals surface area contributed by atoms with E-state index in [0.717, 1.165) is 44.5 Å². The third-order valence-corrected chi connectivity index (χ3v) is 5.90. The molecular weight excluding hydrogens is 359 g/mol. The van der Waals surface area contributed by atoms with Crippen LogP contribution in [0.4, 0.5) is 10.1 Å². The van der Waals surface area contributed by atoms with E-state index >= 15 is 0 Å². The van der Waals surface area contributed by atoms with Crippen molar-refractivity contribution in [1.82, 2.24) is 15.1 Å². The Morgan fingerprint density at radius 3 is 2.54 bits per heavy atom. The number of halogens is 1. The largest absolute Gasteiger partial charge is 0.342 e. The molecule has 2 aliphatic rings. The first-order chi connectivity index (χ1) is 13.6. The lowest BCUT2D eigenvalue weighted by molar-refractivity contribution is -0.136. The second kappa shape index (κ2) is 8.12. The Bertz CT molecular complexity index is 852. The highest BCUT2D eigenvalue weighted by Crippen LogP contribution is 2.31. The molecule has 148 valence electrons. The van der Waals surface area contributed by atoms with Crippen LogP contribution in [0.2, 0.25) is 0 Å². The zero-order chi connectivity index (χ0) is 19.5. The number of para-hydroxylation sites is 1. The predicted octanol–water partition coefficient (Wildman–Crippen LogP) is 3.70. The Kier molecular flexibility index (Phi) is 5.41. The number of hydrogen-bond donors (Lipinski definition) is 2. The van der Waals surface area contributed by atoms with Gasteiger partial charge in [-0.2, -0.15) is 5.10 Å². The third kappa shape index (κ3) is 3.93. The number of nitrogens with zero attached hydrogens (tertiary/aromatic N) is 2. The number of anilines is 1. The number of piperidine rings is 1. The van der Waals surface area contributed by atoms with Gasteiger partial charge >= 0.3 is 0 Å². The zero-order valence-corrected chi connectivity index (χ0v) is 15.8. The SMILES string of the molecule is O=C(Nc1ccccc1F)c1cc(C2CCN(C(=O)C3CCCC3)CC2)[nH]n1. The average molecular weight is 384 g/mol.